The Morgan fingerprint density at radius 3 is 1.88 bits per heavy atom. The van der Waals surface area contributed by atoms with Gasteiger partial charge in [0.2, 0.25) is 0 Å². The standard InChI is InChI=1S/C29H45NO10/c1-5-8-11-17-37-27(33)39-23-15-14-22(20-24(23)40-28(34)38-18-12-9-6-2)21-29(30,26(32)35-4)16-19-36-25(31)13-10-7-3/h14-15,20H,5-13,16-19,21,30H2,1-4H3/t29-/m1/s1. The first-order valence-electron chi connectivity index (χ1n) is 14.0. The lowest BCUT2D eigenvalue weighted by atomic mass is 9.88. The Morgan fingerprint density at radius 2 is 1.32 bits per heavy atom. The zero-order valence-corrected chi connectivity index (χ0v) is 24.3. The Labute approximate surface area is 236 Å². The summed E-state index contributed by atoms with van der Waals surface area (Å²) < 4.78 is 31.0. The van der Waals surface area contributed by atoms with Gasteiger partial charge in [-0.2, -0.15) is 0 Å². The van der Waals surface area contributed by atoms with Crippen molar-refractivity contribution in [2.24, 2.45) is 5.73 Å². The van der Waals surface area contributed by atoms with Gasteiger partial charge < -0.3 is 34.2 Å². The molecule has 0 fully saturated rings. The maximum atomic E-state index is 12.6. The maximum Gasteiger partial charge on any atom is 0.513 e. The Bertz CT molecular complexity index is 935. The van der Waals surface area contributed by atoms with E-state index >= 15 is 0 Å². The number of rotatable bonds is 19. The van der Waals surface area contributed by atoms with Crippen LogP contribution in [-0.4, -0.2) is 56.7 Å². The zero-order valence-electron chi connectivity index (χ0n) is 24.3. The fourth-order valence-electron chi connectivity index (χ4n) is 3.65. The van der Waals surface area contributed by atoms with Crippen molar-refractivity contribution in [2.45, 2.75) is 96.9 Å². The second kappa shape index (κ2) is 19.7. The van der Waals surface area contributed by atoms with Crippen molar-refractivity contribution in [1.29, 1.82) is 0 Å². The maximum absolute atomic E-state index is 12.6. The first kappa shape index (κ1) is 34.7. The van der Waals surface area contributed by atoms with Gasteiger partial charge in [-0.05, 0) is 37.0 Å². The summed E-state index contributed by atoms with van der Waals surface area (Å²) in [4.78, 5) is 49.0. The van der Waals surface area contributed by atoms with E-state index in [1.807, 2.05) is 20.8 Å². The minimum absolute atomic E-state index is 0.00443. The van der Waals surface area contributed by atoms with Crippen LogP contribution >= 0.6 is 0 Å². The molecule has 11 heteroatoms. The van der Waals surface area contributed by atoms with Gasteiger partial charge in [0, 0.05) is 19.3 Å². The van der Waals surface area contributed by atoms with Crippen LogP contribution in [0.15, 0.2) is 18.2 Å². The second-order valence-electron chi connectivity index (χ2n) is 9.49. The number of hydrogen-bond acceptors (Lipinski definition) is 11. The first-order chi connectivity index (χ1) is 19.2. The van der Waals surface area contributed by atoms with Gasteiger partial charge in [-0.1, -0.05) is 58.9 Å². The van der Waals surface area contributed by atoms with Gasteiger partial charge in [0.1, 0.15) is 5.54 Å². The summed E-state index contributed by atoms with van der Waals surface area (Å²) in [7, 11) is 1.21. The molecule has 0 aliphatic carbocycles. The van der Waals surface area contributed by atoms with Gasteiger partial charge in [-0.3, -0.25) is 9.59 Å². The molecule has 0 saturated heterocycles. The number of unbranched alkanes of at least 4 members (excludes halogenated alkanes) is 5. The molecule has 0 unspecified atom stereocenters. The predicted molar refractivity (Wildman–Crippen MR) is 147 cm³/mol. The SMILES string of the molecule is CCCCCOC(=O)Oc1ccc(C[C@](N)(CCOC(=O)CCCC)C(=O)OC)cc1OC(=O)OCCCCC. The summed E-state index contributed by atoms with van der Waals surface area (Å²) in [6, 6.07) is 4.40. The molecule has 1 aromatic rings. The fraction of sp³-hybridized carbons (Fsp3) is 0.655. The van der Waals surface area contributed by atoms with Crippen LogP contribution in [-0.2, 0) is 35.0 Å². The number of hydrogen-bond donors (Lipinski definition) is 1. The van der Waals surface area contributed by atoms with E-state index in [2.05, 4.69) is 0 Å². The van der Waals surface area contributed by atoms with Gasteiger partial charge in [0.05, 0.1) is 26.9 Å². The minimum Gasteiger partial charge on any atom is -0.468 e. The summed E-state index contributed by atoms with van der Waals surface area (Å²) >= 11 is 0. The Balaban J connectivity index is 3.06. The lowest BCUT2D eigenvalue weighted by Gasteiger charge is -2.26. The number of methoxy groups -OCH3 is 1. The molecule has 1 atom stereocenters. The number of carbonyl (C=O) groups is 4. The third-order valence-corrected chi connectivity index (χ3v) is 5.99. The highest BCUT2D eigenvalue weighted by Gasteiger charge is 2.36. The molecule has 0 spiro atoms. The summed E-state index contributed by atoms with van der Waals surface area (Å²) in [5, 5.41) is 0. The van der Waals surface area contributed by atoms with E-state index in [9.17, 15) is 19.2 Å². The molecule has 226 valence electrons. The molecule has 0 amide bonds. The van der Waals surface area contributed by atoms with E-state index in [1.165, 1.54) is 19.2 Å². The van der Waals surface area contributed by atoms with Crippen LogP contribution in [0.5, 0.6) is 11.5 Å². The van der Waals surface area contributed by atoms with Crippen LogP contribution < -0.4 is 15.2 Å². The van der Waals surface area contributed by atoms with Gasteiger partial charge >= 0.3 is 24.2 Å². The molecule has 0 saturated carbocycles. The Hall–Kier alpha value is -3.34. The Morgan fingerprint density at radius 1 is 0.750 bits per heavy atom. The van der Waals surface area contributed by atoms with Gasteiger partial charge in [0.15, 0.2) is 11.5 Å². The van der Waals surface area contributed by atoms with Crippen molar-refractivity contribution in [3.05, 3.63) is 23.8 Å². The second-order valence-corrected chi connectivity index (χ2v) is 9.49. The normalized spacial score (nSPS) is 12.1. The predicted octanol–water partition coefficient (Wildman–Crippen LogP) is 5.63. The highest BCUT2D eigenvalue weighted by molar-refractivity contribution is 5.81. The van der Waals surface area contributed by atoms with E-state index in [4.69, 9.17) is 34.2 Å². The largest absolute Gasteiger partial charge is 0.513 e. The summed E-state index contributed by atoms with van der Waals surface area (Å²) in [6.45, 7) is 6.31. The Kier molecular flexibility index (Phi) is 17.1. The molecular weight excluding hydrogens is 522 g/mol. The van der Waals surface area contributed by atoms with Crippen molar-refractivity contribution in [3.8, 4) is 11.5 Å². The molecule has 0 aliphatic rings. The van der Waals surface area contributed by atoms with Crippen molar-refractivity contribution in [2.75, 3.05) is 26.9 Å². The molecule has 40 heavy (non-hydrogen) atoms. The number of nitrogens with two attached hydrogens (primary N) is 1. The third kappa shape index (κ3) is 13.6. The van der Waals surface area contributed by atoms with Crippen molar-refractivity contribution in [3.63, 3.8) is 0 Å². The summed E-state index contributed by atoms with van der Waals surface area (Å²) in [5.74, 6) is -1.25. The van der Waals surface area contributed by atoms with E-state index < -0.39 is 23.8 Å². The third-order valence-electron chi connectivity index (χ3n) is 5.99. The highest BCUT2D eigenvalue weighted by Crippen LogP contribution is 2.31. The number of benzene rings is 1. The molecule has 2 N–H and O–H groups in total. The van der Waals surface area contributed by atoms with Crippen LogP contribution in [0.1, 0.15) is 90.5 Å². The molecule has 1 aromatic carbocycles. The molecule has 0 aliphatic heterocycles. The van der Waals surface area contributed by atoms with Crippen LogP contribution in [0.2, 0.25) is 0 Å². The molecule has 0 heterocycles. The van der Waals surface area contributed by atoms with Gasteiger partial charge in [-0.15, -0.1) is 0 Å². The van der Waals surface area contributed by atoms with Crippen LogP contribution in [0.3, 0.4) is 0 Å². The molecule has 0 radical (unpaired) electrons. The summed E-state index contributed by atoms with van der Waals surface area (Å²) in [6.07, 6.45) is 4.95. The van der Waals surface area contributed by atoms with E-state index in [0.29, 0.717) is 24.8 Å². The van der Waals surface area contributed by atoms with Gasteiger partial charge in [-0.25, -0.2) is 9.59 Å². The van der Waals surface area contributed by atoms with Crippen LogP contribution in [0, 0.1) is 0 Å². The van der Waals surface area contributed by atoms with Crippen molar-refractivity contribution < 1.29 is 47.6 Å². The average molecular weight is 568 g/mol. The van der Waals surface area contributed by atoms with E-state index in [1.54, 1.807) is 6.07 Å². The first-order valence-corrected chi connectivity index (χ1v) is 14.0. The number of ether oxygens (including phenoxy) is 6. The monoisotopic (exact) mass is 567 g/mol. The van der Waals surface area contributed by atoms with Crippen LogP contribution in [0.25, 0.3) is 0 Å². The highest BCUT2D eigenvalue weighted by atomic mass is 16.7. The van der Waals surface area contributed by atoms with Crippen LogP contribution in [0.4, 0.5) is 9.59 Å². The lowest BCUT2D eigenvalue weighted by molar-refractivity contribution is -0.151. The molecular formula is C29H45NO10. The van der Waals surface area contributed by atoms with Crippen molar-refractivity contribution in [1.82, 2.24) is 0 Å². The smallest absolute Gasteiger partial charge is 0.468 e. The molecule has 11 nitrogen and oxygen atoms in total. The summed E-state index contributed by atoms with van der Waals surface area (Å²) in [5.41, 5.74) is 5.34. The number of carbonyl (C=O) groups excluding carboxylic acids is 4. The van der Waals surface area contributed by atoms with Gasteiger partial charge in [0.25, 0.3) is 0 Å². The molecule has 1 rings (SSSR count). The minimum atomic E-state index is -1.54. The van der Waals surface area contributed by atoms with E-state index in [0.717, 1.165) is 32.1 Å². The fourth-order valence-corrected chi connectivity index (χ4v) is 3.65. The van der Waals surface area contributed by atoms with Crippen molar-refractivity contribution >= 4 is 24.2 Å². The topological polar surface area (TPSA) is 150 Å². The molecule has 0 aromatic heterocycles. The quantitative estimate of drug-likeness (QED) is 0.0958. The average Bonchev–Trinajstić information content (AvgIpc) is 2.93. The van der Waals surface area contributed by atoms with E-state index in [-0.39, 0.29) is 56.6 Å². The zero-order chi connectivity index (χ0) is 29.8. The lowest BCUT2D eigenvalue weighted by Crippen LogP contribution is -2.51. The number of esters is 2. The molecule has 0 bridgehead atoms.